The van der Waals surface area contributed by atoms with E-state index < -0.39 is 16.1 Å². The Bertz CT molecular complexity index is 1020. The van der Waals surface area contributed by atoms with Gasteiger partial charge in [0.05, 0.1) is 21.0 Å². The molecule has 7 heteroatoms. The number of aryl methyl sites for hydroxylation is 1. The summed E-state index contributed by atoms with van der Waals surface area (Å²) in [5, 5.41) is 0.531. The maximum Gasteiger partial charge on any atom is 0.241 e. The van der Waals surface area contributed by atoms with Crippen LogP contribution in [0.5, 0.6) is 0 Å². The molecule has 1 unspecified atom stereocenters. The molecule has 142 valence electrons. The van der Waals surface area contributed by atoms with E-state index >= 15 is 0 Å². The zero-order valence-corrected chi connectivity index (χ0v) is 17.4. The molecule has 0 aromatic heterocycles. The molecular formula is C20H19Cl2NO3S. The van der Waals surface area contributed by atoms with Crippen LogP contribution in [0.2, 0.25) is 10.0 Å². The standard InChI is InChI=1S/C20H19Cl2NO3S/c1-13-7-10-16(11-8-13)27(25,26)23-19(12-9-14(2)15(3)24)17-5-4-6-18(21)20(17)22/h4-8,10-12,19,23H,1-3H3. The molecule has 2 aromatic carbocycles. The van der Waals surface area contributed by atoms with Crippen LogP contribution in [0.15, 0.2) is 64.7 Å². The molecule has 2 aromatic rings. The van der Waals surface area contributed by atoms with Gasteiger partial charge in [0, 0.05) is 5.57 Å². The SMILES string of the molecule is CC(=O)C(C)=C=CC(NS(=O)(=O)c1ccc(C)cc1)c1cccc(Cl)c1Cl. The predicted molar refractivity (Wildman–Crippen MR) is 109 cm³/mol. The van der Waals surface area contributed by atoms with Crippen LogP contribution in [0.1, 0.15) is 31.0 Å². The first-order valence-corrected chi connectivity index (χ1v) is 10.3. The van der Waals surface area contributed by atoms with Gasteiger partial charge in [-0.15, -0.1) is 5.73 Å². The van der Waals surface area contributed by atoms with E-state index in [1.807, 2.05) is 6.92 Å². The topological polar surface area (TPSA) is 63.2 Å². The summed E-state index contributed by atoms with van der Waals surface area (Å²) >= 11 is 12.3. The number of halogens is 2. The van der Waals surface area contributed by atoms with Gasteiger partial charge in [0.1, 0.15) is 0 Å². The molecule has 0 heterocycles. The summed E-state index contributed by atoms with van der Waals surface area (Å²) in [6.45, 7) is 4.88. The minimum Gasteiger partial charge on any atom is -0.294 e. The molecule has 0 amide bonds. The highest BCUT2D eigenvalue weighted by atomic mass is 35.5. The first-order valence-electron chi connectivity index (χ1n) is 8.09. The summed E-state index contributed by atoms with van der Waals surface area (Å²) in [5.41, 5.74) is 4.60. The van der Waals surface area contributed by atoms with Crippen molar-refractivity contribution in [2.75, 3.05) is 0 Å². The van der Waals surface area contributed by atoms with Crippen molar-refractivity contribution in [3.63, 3.8) is 0 Å². The summed E-state index contributed by atoms with van der Waals surface area (Å²) in [7, 11) is -3.84. The second-order valence-electron chi connectivity index (χ2n) is 6.05. The van der Waals surface area contributed by atoms with Gasteiger partial charge < -0.3 is 0 Å². The number of carbonyl (C=O) groups excluding carboxylic acids is 1. The average molecular weight is 424 g/mol. The van der Waals surface area contributed by atoms with Crippen LogP contribution in [-0.2, 0) is 14.8 Å². The van der Waals surface area contributed by atoms with Gasteiger partial charge in [-0.3, -0.25) is 4.79 Å². The number of benzene rings is 2. The first kappa shape index (κ1) is 21.4. The van der Waals surface area contributed by atoms with Gasteiger partial charge >= 0.3 is 0 Å². The highest BCUT2D eigenvalue weighted by molar-refractivity contribution is 7.89. The van der Waals surface area contributed by atoms with Gasteiger partial charge in [-0.25, -0.2) is 8.42 Å². The monoisotopic (exact) mass is 423 g/mol. The lowest BCUT2D eigenvalue weighted by atomic mass is 10.1. The summed E-state index contributed by atoms with van der Waals surface area (Å²) in [6, 6.07) is 10.6. The van der Waals surface area contributed by atoms with E-state index in [-0.39, 0.29) is 15.7 Å². The van der Waals surface area contributed by atoms with Crippen molar-refractivity contribution in [1.29, 1.82) is 0 Å². The molecule has 0 saturated carbocycles. The lowest BCUT2D eigenvalue weighted by molar-refractivity contribution is -0.113. The molecular weight excluding hydrogens is 405 g/mol. The number of Topliss-reactive ketones (excluding diaryl/α,β-unsaturated/α-hetero) is 1. The first-order chi connectivity index (χ1) is 12.6. The minimum absolute atomic E-state index is 0.122. The average Bonchev–Trinajstić information content (AvgIpc) is 2.61. The van der Waals surface area contributed by atoms with Gasteiger partial charge in [0.15, 0.2) is 5.78 Å². The highest BCUT2D eigenvalue weighted by Gasteiger charge is 2.22. The van der Waals surface area contributed by atoms with E-state index in [4.69, 9.17) is 23.2 Å². The number of nitrogens with one attached hydrogen (secondary N) is 1. The third kappa shape index (κ3) is 5.55. The summed E-state index contributed by atoms with van der Waals surface area (Å²) in [4.78, 5) is 11.6. The number of hydrogen-bond donors (Lipinski definition) is 1. The Morgan fingerprint density at radius 3 is 2.33 bits per heavy atom. The molecule has 4 nitrogen and oxygen atoms in total. The highest BCUT2D eigenvalue weighted by Crippen LogP contribution is 2.31. The molecule has 0 bridgehead atoms. The van der Waals surface area contributed by atoms with Gasteiger partial charge in [0.2, 0.25) is 10.0 Å². The third-order valence-electron chi connectivity index (χ3n) is 3.92. The molecule has 0 radical (unpaired) electrons. The predicted octanol–water partition coefficient (Wildman–Crippen LogP) is 5.01. The molecule has 0 fully saturated rings. The van der Waals surface area contributed by atoms with E-state index in [0.29, 0.717) is 16.2 Å². The summed E-state index contributed by atoms with van der Waals surface area (Å²) in [5.74, 6) is -0.163. The number of rotatable bonds is 6. The van der Waals surface area contributed by atoms with Gasteiger partial charge in [0.25, 0.3) is 0 Å². The van der Waals surface area contributed by atoms with Crippen LogP contribution in [0, 0.1) is 6.92 Å². The number of carbonyl (C=O) groups is 1. The van der Waals surface area contributed by atoms with Crippen LogP contribution < -0.4 is 4.72 Å². The quantitative estimate of drug-likeness (QED) is 0.524. The molecule has 0 aliphatic carbocycles. The van der Waals surface area contributed by atoms with Crippen molar-refractivity contribution in [2.45, 2.75) is 31.7 Å². The van der Waals surface area contributed by atoms with E-state index in [1.54, 1.807) is 37.3 Å². The minimum atomic E-state index is -3.84. The normalized spacial score (nSPS) is 12.2. The molecule has 1 atom stereocenters. The Kier molecular flexibility index (Phi) is 7.04. The zero-order valence-electron chi connectivity index (χ0n) is 15.1. The molecule has 0 spiro atoms. The Balaban J connectivity index is 2.53. The largest absolute Gasteiger partial charge is 0.294 e. The Morgan fingerprint density at radius 1 is 1.11 bits per heavy atom. The summed E-state index contributed by atoms with van der Waals surface area (Å²) in [6.07, 6.45) is 1.46. The fourth-order valence-electron chi connectivity index (χ4n) is 2.21. The lowest BCUT2D eigenvalue weighted by Crippen LogP contribution is -2.27. The molecule has 2 rings (SSSR count). The molecule has 0 aliphatic rings. The second kappa shape index (κ2) is 8.87. The van der Waals surface area contributed by atoms with Crippen molar-refractivity contribution < 1.29 is 13.2 Å². The fourth-order valence-corrected chi connectivity index (χ4v) is 3.80. The fraction of sp³-hybridized carbons (Fsp3) is 0.200. The van der Waals surface area contributed by atoms with Gasteiger partial charge in [-0.2, -0.15) is 4.72 Å². The summed E-state index contributed by atoms with van der Waals surface area (Å²) < 4.78 is 28.2. The number of ketones is 1. The maximum atomic E-state index is 12.8. The number of hydrogen-bond acceptors (Lipinski definition) is 3. The van der Waals surface area contributed by atoms with E-state index in [2.05, 4.69) is 10.5 Å². The van der Waals surface area contributed by atoms with Crippen LogP contribution in [0.3, 0.4) is 0 Å². The van der Waals surface area contributed by atoms with Crippen molar-refractivity contribution in [3.8, 4) is 0 Å². The third-order valence-corrected chi connectivity index (χ3v) is 6.22. The molecule has 0 aliphatic heterocycles. The molecule has 0 saturated heterocycles. The molecule has 27 heavy (non-hydrogen) atoms. The van der Waals surface area contributed by atoms with Crippen LogP contribution >= 0.6 is 23.2 Å². The Labute approximate surface area is 169 Å². The maximum absolute atomic E-state index is 12.8. The van der Waals surface area contributed by atoms with E-state index in [0.717, 1.165) is 5.56 Å². The molecule has 1 N–H and O–H groups in total. The smallest absolute Gasteiger partial charge is 0.241 e. The van der Waals surface area contributed by atoms with Crippen molar-refractivity contribution >= 4 is 39.0 Å². The zero-order chi connectivity index (χ0) is 20.2. The lowest BCUT2D eigenvalue weighted by Gasteiger charge is -2.17. The van der Waals surface area contributed by atoms with Crippen LogP contribution in [0.4, 0.5) is 0 Å². The van der Waals surface area contributed by atoms with Crippen LogP contribution in [-0.4, -0.2) is 14.2 Å². The Hall–Kier alpha value is -1.88. The van der Waals surface area contributed by atoms with Crippen LogP contribution in [0.25, 0.3) is 0 Å². The van der Waals surface area contributed by atoms with Crippen molar-refractivity contribution in [1.82, 2.24) is 4.72 Å². The second-order valence-corrected chi connectivity index (χ2v) is 8.55. The Morgan fingerprint density at radius 2 is 1.74 bits per heavy atom. The van der Waals surface area contributed by atoms with E-state index in [9.17, 15) is 13.2 Å². The number of sulfonamides is 1. The van der Waals surface area contributed by atoms with Gasteiger partial charge in [-0.1, -0.05) is 53.0 Å². The van der Waals surface area contributed by atoms with Gasteiger partial charge in [-0.05, 0) is 50.6 Å². The van der Waals surface area contributed by atoms with E-state index in [1.165, 1.54) is 25.1 Å². The van der Waals surface area contributed by atoms with Crippen molar-refractivity contribution in [3.05, 3.63) is 81.0 Å². The van der Waals surface area contributed by atoms with Crippen molar-refractivity contribution in [2.24, 2.45) is 0 Å².